The highest BCUT2D eigenvalue weighted by Crippen LogP contribution is 2.31. The maximum atomic E-state index is 13.0. The highest BCUT2D eigenvalue weighted by molar-refractivity contribution is 7.92. The second-order valence-corrected chi connectivity index (χ2v) is 9.57. The average Bonchev–Trinajstić information content (AvgIpc) is 2.73. The molecule has 0 aliphatic heterocycles. The molecular formula is C20H12N2O4S2. The molecule has 0 atom stereocenters. The van der Waals surface area contributed by atoms with Crippen LogP contribution in [0.5, 0.6) is 0 Å². The van der Waals surface area contributed by atoms with E-state index in [4.69, 9.17) is 0 Å². The fourth-order valence-corrected chi connectivity index (χ4v) is 5.51. The summed E-state index contributed by atoms with van der Waals surface area (Å²) < 4.78 is 51.9. The zero-order valence-corrected chi connectivity index (χ0v) is 15.9. The van der Waals surface area contributed by atoms with Crippen LogP contribution in [0.15, 0.2) is 92.4 Å². The van der Waals surface area contributed by atoms with Crippen LogP contribution in [0.25, 0.3) is 0 Å². The van der Waals surface area contributed by atoms with Gasteiger partial charge in [-0.2, -0.15) is 10.5 Å². The first-order valence-electron chi connectivity index (χ1n) is 7.91. The van der Waals surface area contributed by atoms with E-state index in [9.17, 15) is 27.4 Å². The summed E-state index contributed by atoms with van der Waals surface area (Å²) in [7, 11) is -8.30. The molecule has 0 saturated heterocycles. The van der Waals surface area contributed by atoms with E-state index in [0.717, 1.165) is 12.1 Å². The van der Waals surface area contributed by atoms with Crippen molar-refractivity contribution in [3.63, 3.8) is 0 Å². The summed E-state index contributed by atoms with van der Waals surface area (Å²) >= 11 is 0. The van der Waals surface area contributed by atoms with Gasteiger partial charge in [0.05, 0.1) is 30.7 Å². The highest BCUT2D eigenvalue weighted by atomic mass is 32.2. The summed E-state index contributed by atoms with van der Waals surface area (Å²) in [5.41, 5.74) is -0.715. The van der Waals surface area contributed by atoms with E-state index in [1.807, 2.05) is 0 Å². The van der Waals surface area contributed by atoms with E-state index in [2.05, 4.69) is 0 Å². The van der Waals surface area contributed by atoms with Gasteiger partial charge in [0.15, 0.2) is 0 Å². The van der Waals surface area contributed by atoms with Crippen molar-refractivity contribution in [3.05, 3.63) is 83.9 Å². The minimum Gasteiger partial charge on any atom is -0.219 e. The minimum absolute atomic E-state index is 0.0494. The molecule has 8 heteroatoms. The standard InChI is InChI=1S/C20H12N2O4S2/c21-13-15-11-18(27(23,24)16-7-3-1-4-8-16)12-20(19(15)14-22)28(25,26)17-9-5-2-6-10-17/h1-12H. The van der Waals surface area contributed by atoms with Gasteiger partial charge < -0.3 is 0 Å². The minimum atomic E-state index is -4.22. The van der Waals surface area contributed by atoms with Crippen LogP contribution in [-0.4, -0.2) is 16.8 Å². The lowest BCUT2D eigenvalue weighted by molar-refractivity contribution is 0.594. The fourth-order valence-electron chi connectivity index (χ4n) is 2.62. The predicted molar refractivity (Wildman–Crippen MR) is 99.7 cm³/mol. The molecule has 3 aromatic carbocycles. The molecule has 0 unspecified atom stereocenters. The molecule has 0 heterocycles. The van der Waals surface area contributed by atoms with E-state index in [1.165, 1.54) is 48.5 Å². The van der Waals surface area contributed by atoms with Crippen LogP contribution < -0.4 is 0 Å². The zero-order valence-electron chi connectivity index (χ0n) is 14.3. The Bertz CT molecular complexity index is 1340. The molecule has 0 fully saturated rings. The first-order chi connectivity index (χ1) is 13.3. The number of sulfone groups is 2. The molecule has 0 aromatic heterocycles. The summed E-state index contributed by atoms with van der Waals surface area (Å²) in [5.74, 6) is 0. The summed E-state index contributed by atoms with van der Waals surface area (Å²) in [6.45, 7) is 0. The third kappa shape index (κ3) is 3.27. The van der Waals surface area contributed by atoms with Crippen molar-refractivity contribution in [1.29, 1.82) is 10.5 Å². The lowest BCUT2D eigenvalue weighted by atomic mass is 10.1. The Morgan fingerprint density at radius 1 is 0.607 bits per heavy atom. The van der Waals surface area contributed by atoms with Crippen LogP contribution in [0.4, 0.5) is 0 Å². The van der Waals surface area contributed by atoms with Crippen molar-refractivity contribution in [3.8, 4) is 12.1 Å². The number of nitriles is 2. The highest BCUT2D eigenvalue weighted by Gasteiger charge is 2.28. The molecule has 6 nitrogen and oxygen atoms in total. The molecule has 28 heavy (non-hydrogen) atoms. The third-order valence-electron chi connectivity index (χ3n) is 4.01. The Labute approximate surface area is 162 Å². The van der Waals surface area contributed by atoms with Crippen LogP contribution in [0, 0.1) is 22.7 Å². The van der Waals surface area contributed by atoms with Gasteiger partial charge in [0, 0.05) is 0 Å². The zero-order chi connectivity index (χ0) is 20.4. The normalized spacial score (nSPS) is 11.4. The van der Waals surface area contributed by atoms with E-state index >= 15 is 0 Å². The van der Waals surface area contributed by atoms with Crippen molar-refractivity contribution >= 4 is 19.7 Å². The summed E-state index contributed by atoms with van der Waals surface area (Å²) in [6, 6.07) is 20.1. The quantitative estimate of drug-likeness (QED) is 0.655. The molecule has 0 saturated carbocycles. The van der Waals surface area contributed by atoms with Crippen LogP contribution >= 0.6 is 0 Å². The number of hydrogen-bond donors (Lipinski definition) is 0. The Hall–Kier alpha value is -3.46. The summed E-state index contributed by atoms with van der Waals surface area (Å²) in [5, 5.41) is 18.8. The van der Waals surface area contributed by atoms with Crippen molar-refractivity contribution in [1.82, 2.24) is 0 Å². The molecule has 0 bridgehead atoms. The van der Waals surface area contributed by atoms with Crippen molar-refractivity contribution in [2.75, 3.05) is 0 Å². The molecular weight excluding hydrogens is 396 g/mol. The molecule has 0 amide bonds. The maximum absolute atomic E-state index is 13.0. The van der Waals surface area contributed by atoms with Gasteiger partial charge in [0.2, 0.25) is 19.7 Å². The third-order valence-corrected chi connectivity index (χ3v) is 7.56. The molecule has 0 aliphatic carbocycles. The fraction of sp³-hybridized carbons (Fsp3) is 0. The summed E-state index contributed by atoms with van der Waals surface area (Å²) in [4.78, 5) is -1.05. The molecule has 0 radical (unpaired) electrons. The largest absolute Gasteiger partial charge is 0.219 e. The van der Waals surface area contributed by atoms with Crippen LogP contribution in [0.2, 0.25) is 0 Å². The number of rotatable bonds is 4. The van der Waals surface area contributed by atoms with E-state index in [0.29, 0.717) is 0 Å². The van der Waals surface area contributed by atoms with Gasteiger partial charge in [-0.05, 0) is 36.4 Å². The molecule has 0 spiro atoms. The number of benzene rings is 3. The van der Waals surface area contributed by atoms with Gasteiger partial charge in [-0.15, -0.1) is 0 Å². The topological polar surface area (TPSA) is 116 Å². The van der Waals surface area contributed by atoms with Crippen molar-refractivity contribution in [2.45, 2.75) is 19.6 Å². The van der Waals surface area contributed by atoms with Crippen LogP contribution in [0.3, 0.4) is 0 Å². The van der Waals surface area contributed by atoms with E-state index in [1.54, 1.807) is 24.3 Å². The van der Waals surface area contributed by atoms with Gasteiger partial charge in [0.1, 0.15) is 12.1 Å². The number of hydrogen-bond acceptors (Lipinski definition) is 6. The van der Waals surface area contributed by atoms with Crippen molar-refractivity contribution in [2.24, 2.45) is 0 Å². The molecule has 0 N–H and O–H groups in total. The van der Waals surface area contributed by atoms with E-state index < -0.39 is 30.1 Å². The first kappa shape index (κ1) is 19.3. The second-order valence-electron chi connectivity index (χ2n) is 5.70. The van der Waals surface area contributed by atoms with Crippen LogP contribution in [-0.2, 0) is 19.7 Å². The number of nitrogens with zero attached hydrogens (tertiary/aromatic N) is 2. The smallest absolute Gasteiger partial charge is 0.207 e. The van der Waals surface area contributed by atoms with Crippen LogP contribution in [0.1, 0.15) is 11.1 Å². The molecule has 3 rings (SSSR count). The maximum Gasteiger partial charge on any atom is 0.207 e. The Kier molecular flexibility index (Phi) is 5.02. The Morgan fingerprint density at radius 3 is 1.57 bits per heavy atom. The van der Waals surface area contributed by atoms with Gasteiger partial charge in [-0.1, -0.05) is 36.4 Å². The van der Waals surface area contributed by atoms with Gasteiger partial charge in [-0.3, -0.25) is 0 Å². The predicted octanol–water partition coefficient (Wildman–Crippen LogP) is 3.10. The summed E-state index contributed by atoms with van der Waals surface area (Å²) in [6.07, 6.45) is 0. The first-order valence-corrected chi connectivity index (χ1v) is 10.9. The second kappa shape index (κ2) is 7.28. The van der Waals surface area contributed by atoms with Gasteiger partial charge >= 0.3 is 0 Å². The average molecular weight is 408 g/mol. The van der Waals surface area contributed by atoms with Gasteiger partial charge in [0.25, 0.3) is 0 Å². The lowest BCUT2D eigenvalue weighted by Crippen LogP contribution is -2.10. The van der Waals surface area contributed by atoms with Crippen molar-refractivity contribution < 1.29 is 16.8 Å². The molecule has 3 aromatic rings. The van der Waals surface area contributed by atoms with E-state index in [-0.39, 0.29) is 20.2 Å². The Balaban J connectivity index is 2.35. The lowest BCUT2D eigenvalue weighted by Gasteiger charge is -2.11. The molecule has 138 valence electrons. The van der Waals surface area contributed by atoms with Gasteiger partial charge in [-0.25, -0.2) is 16.8 Å². The Morgan fingerprint density at radius 2 is 1.11 bits per heavy atom. The monoisotopic (exact) mass is 408 g/mol. The molecule has 0 aliphatic rings. The SMILES string of the molecule is N#Cc1cc(S(=O)(=O)c2ccccc2)cc(S(=O)(=O)c2ccccc2)c1C#N.